The first-order chi connectivity index (χ1) is 6.50. The lowest BCUT2D eigenvalue weighted by atomic mass is 10.3. The summed E-state index contributed by atoms with van der Waals surface area (Å²) in [4.78, 5) is 14.5. The van der Waals surface area contributed by atoms with E-state index in [1.807, 2.05) is 24.3 Å². The first-order valence-corrected chi connectivity index (χ1v) is 7.01. The van der Waals surface area contributed by atoms with Crippen LogP contribution in [0.2, 0.25) is 0 Å². The third-order valence-corrected chi connectivity index (χ3v) is 3.29. The maximum absolute atomic E-state index is 11.7. The highest BCUT2D eigenvalue weighted by Crippen LogP contribution is 2.41. The average molecular weight is 526 g/mol. The second-order valence-corrected chi connectivity index (χ2v) is 13.6. The van der Waals surface area contributed by atoms with Gasteiger partial charge in [0.05, 0.1) is 11.0 Å². The highest BCUT2D eigenvalue weighted by atomic mass is 127. The number of rotatable bonds is 1. The minimum atomic E-state index is -0.274. The summed E-state index contributed by atoms with van der Waals surface area (Å²) in [7, 11) is 0. The van der Waals surface area contributed by atoms with Crippen LogP contribution in [0.5, 0.6) is 0 Å². The monoisotopic (exact) mass is 526 g/mol. The Bertz CT molecular complexity index is 523. The zero-order valence-electron chi connectivity index (χ0n) is 6.80. The van der Waals surface area contributed by atoms with Crippen LogP contribution >= 0.6 is 67.8 Å². The molecule has 0 saturated carbocycles. The van der Waals surface area contributed by atoms with Gasteiger partial charge in [0.2, 0.25) is -0.441 Å². The number of halogens is 3. The molecule has 0 aliphatic rings. The Hall–Kier alpha value is 0.680. The Kier molecular flexibility index (Phi) is 3.13. The molecule has 0 atom stereocenters. The van der Waals surface area contributed by atoms with Gasteiger partial charge < -0.3 is 4.98 Å². The molecule has 1 aromatic carbocycles. The fraction of sp³-hybridized carbons (Fsp3) is 0.125. The molecule has 0 aliphatic heterocycles. The standard InChI is InChI=1S/C8H5I3N2O/c9-8(10,11)13-6-4-2-1-3-5(6)12-7(13)14/h1-4H,(H,12,14). The SMILES string of the molecule is O=c1[nH]c2ccccc2n1C(I)(I)I. The van der Waals surface area contributed by atoms with E-state index in [1.165, 1.54) is 0 Å². The molecule has 1 aromatic heterocycles. The molecule has 0 amide bonds. The Morgan fingerprint density at radius 3 is 2.50 bits per heavy atom. The van der Waals surface area contributed by atoms with Crippen molar-refractivity contribution in [2.75, 3.05) is 0 Å². The number of aromatic amines is 1. The third-order valence-electron chi connectivity index (χ3n) is 1.84. The Morgan fingerprint density at radius 2 is 1.86 bits per heavy atom. The van der Waals surface area contributed by atoms with Crippen LogP contribution < -0.4 is 5.69 Å². The minimum Gasteiger partial charge on any atom is -0.305 e. The molecule has 0 unspecified atom stereocenters. The second kappa shape index (κ2) is 3.92. The van der Waals surface area contributed by atoms with E-state index in [9.17, 15) is 4.79 Å². The quantitative estimate of drug-likeness (QED) is 0.451. The fourth-order valence-corrected chi connectivity index (χ4v) is 2.74. The van der Waals surface area contributed by atoms with E-state index in [0.29, 0.717) is 0 Å². The molecule has 0 aliphatic carbocycles. The molecule has 0 bridgehead atoms. The molecule has 1 N–H and O–H groups in total. The molecule has 3 nitrogen and oxygen atoms in total. The van der Waals surface area contributed by atoms with Crippen LogP contribution in [-0.2, 0) is -0.441 Å². The highest BCUT2D eigenvalue weighted by Gasteiger charge is 2.24. The number of nitrogens with zero attached hydrogens (tertiary/aromatic N) is 1. The summed E-state index contributed by atoms with van der Waals surface area (Å²) in [5.41, 5.74) is 1.76. The second-order valence-electron chi connectivity index (χ2n) is 2.75. The summed E-state index contributed by atoms with van der Waals surface area (Å²) < 4.78 is 1.47. The topological polar surface area (TPSA) is 37.8 Å². The number of aromatic nitrogens is 2. The number of para-hydroxylation sites is 2. The summed E-state index contributed by atoms with van der Waals surface area (Å²) in [5.74, 6) is 0. The van der Waals surface area contributed by atoms with Gasteiger partial charge in [0.25, 0.3) is 0 Å². The maximum atomic E-state index is 11.7. The molecule has 0 radical (unpaired) electrons. The third kappa shape index (κ3) is 1.96. The highest BCUT2D eigenvalue weighted by molar-refractivity contribution is 14.3. The first-order valence-electron chi connectivity index (χ1n) is 3.77. The van der Waals surface area contributed by atoms with Crippen molar-refractivity contribution >= 4 is 78.8 Å². The van der Waals surface area contributed by atoms with Crippen molar-refractivity contribution in [2.24, 2.45) is 0 Å². The number of alkyl halides is 3. The van der Waals surface area contributed by atoms with E-state index in [-0.39, 0.29) is 5.25 Å². The zero-order valence-corrected chi connectivity index (χ0v) is 13.3. The Morgan fingerprint density at radius 1 is 1.21 bits per heavy atom. The van der Waals surface area contributed by atoms with Crippen LogP contribution in [0.3, 0.4) is 0 Å². The molecule has 0 spiro atoms. The van der Waals surface area contributed by atoms with Gasteiger partial charge in [-0.3, -0.25) is 4.57 Å². The van der Waals surface area contributed by atoms with E-state index in [1.54, 1.807) is 4.57 Å². The number of nitrogens with one attached hydrogen (secondary N) is 1. The van der Waals surface area contributed by atoms with Gasteiger partial charge in [0.15, 0.2) is 0 Å². The van der Waals surface area contributed by atoms with Crippen molar-refractivity contribution in [3.63, 3.8) is 0 Å². The number of hydrogen-bond acceptors (Lipinski definition) is 1. The average Bonchev–Trinajstić information content (AvgIpc) is 2.38. The zero-order chi connectivity index (χ0) is 10.3. The predicted octanol–water partition coefficient (Wildman–Crippen LogP) is 3.20. The fourth-order valence-electron chi connectivity index (χ4n) is 1.31. The van der Waals surface area contributed by atoms with Crippen LogP contribution in [0.1, 0.15) is 0 Å². The number of benzene rings is 1. The van der Waals surface area contributed by atoms with Crippen molar-refractivity contribution in [1.82, 2.24) is 9.55 Å². The van der Waals surface area contributed by atoms with Crippen LogP contribution in [0.4, 0.5) is 0 Å². The smallest absolute Gasteiger partial charge is 0.305 e. The van der Waals surface area contributed by atoms with Crippen LogP contribution in [-0.4, -0.2) is 9.55 Å². The Balaban J connectivity index is 2.88. The molecule has 14 heavy (non-hydrogen) atoms. The van der Waals surface area contributed by atoms with E-state index < -0.39 is 0 Å². The first kappa shape index (κ1) is 11.2. The number of imidazole rings is 1. The maximum Gasteiger partial charge on any atom is 0.328 e. The van der Waals surface area contributed by atoms with Gasteiger partial charge in [-0.1, -0.05) is 12.1 Å². The molecule has 0 fully saturated rings. The largest absolute Gasteiger partial charge is 0.328 e. The molecular formula is C8H5I3N2O. The van der Waals surface area contributed by atoms with E-state index in [0.717, 1.165) is 11.0 Å². The minimum absolute atomic E-state index is 0.0654. The molecule has 0 saturated heterocycles. The van der Waals surface area contributed by atoms with E-state index in [4.69, 9.17) is 0 Å². The van der Waals surface area contributed by atoms with Gasteiger partial charge in [-0.05, 0) is 79.9 Å². The summed E-state index contributed by atoms with van der Waals surface area (Å²) >= 11 is 6.69. The van der Waals surface area contributed by atoms with Crippen LogP contribution in [0.25, 0.3) is 11.0 Å². The summed E-state index contributed by atoms with van der Waals surface area (Å²) in [6.45, 7) is 0. The van der Waals surface area contributed by atoms with Crippen molar-refractivity contribution in [3.05, 3.63) is 34.7 Å². The van der Waals surface area contributed by atoms with Crippen molar-refractivity contribution in [3.8, 4) is 0 Å². The number of H-pyrrole nitrogens is 1. The summed E-state index contributed by atoms with van der Waals surface area (Å²) in [6, 6.07) is 7.69. The molecular weight excluding hydrogens is 521 g/mol. The van der Waals surface area contributed by atoms with Crippen molar-refractivity contribution in [1.29, 1.82) is 0 Å². The molecule has 74 valence electrons. The molecule has 2 rings (SSSR count). The number of fused-ring (bicyclic) bond motifs is 1. The predicted molar refractivity (Wildman–Crippen MR) is 82.6 cm³/mol. The lowest BCUT2D eigenvalue weighted by molar-refractivity contribution is 0.877. The normalized spacial score (nSPS) is 12.2. The van der Waals surface area contributed by atoms with Gasteiger partial charge in [-0.25, -0.2) is 4.79 Å². The van der Waals surface area contributed by atoms with Gasteiger partial charge >= 0.3 is 5.69 Å². The molecule has 6 heteroatoms. The molecule has 2 aromatic rings. The van der Waals surface area contributed by atoms with Gasteiger partial charge in [-0.2, -0.15) is 0 Å². The van der Waals surface area contributed by atoms with E-state index >= 15 is 0 Å². The van der Waals surface area contributed by atoms with Gasteiger partial charge in [0.1, 0.15) is 0 Å². The summed E-state index contributed by atoms with van der Waals surface area (Å²) in [5, 5.41) is 0. The summed E-state index contributed by atoms with van der Waals surface area (Å²) in [6.07, 6.45) is 0. The molecule has 1 heterocycles. The van der Waals surface area contributed by atoms with E-state index in [2.05, 4.69) is 72.8 Å². The van der Waals surface area contributed by atoms with Crippen molar-refractivity contribution < 1.29 is 0 Å². The lowest BCUT2D eigenvalue weighted by Gasteiger charge is -2.13. The lowest BCUT2D eigenvalue weighted by Crippen LogP contribution is -2.24. The van der Waals surface area contributed by atoms with Crippen LogP contribution in [0.15, 0.2) is 29.1 Å². The van der Waals surface area contributed by atoms with Gasteiger partial charge in [-0.15, -0.1) is 0 Å². The van der Waals surface area contributed by atoms with Gasteiger partial charge in [0, 0.05) is 0 Å². The Labute approximate surface area is 121 Å². The number of hydrogen-bond donors (Lipinski definition) is 1. The van der Waals surface area contributed by atoms with Crippen LogP contribution in [0, 0.1) is 0 Å². The van der Waals surface area contributed by atoms with Crippen molar-refractivity contribution in [2.45, 2.75) is -0.441 Å².